The molecule has 5 heteroatoms. The molecule has 1 N–H and O–H groups in total. The van der Waals surface area contributed by atoms with Gasteiger partial charge in [-0.1, -0.05) is 6.92 Å². The van der Waals surface area contributed by atoms with Crippen LogP contribution in [0, 0.1) is 10.1 Å². The van der Waals surface area contributed by atoms with Gasteiger partial charge in [-0.15, -0.1) is 0 Å². The fraction of sp³-hybridized carbons (Fsp3) is 0.400. The zero-order valence-corrected chi connectivity index (χ0v) is 8.82. The topological polar surface area (TPSA) is 64.4 Å². The Bertz CT molecular complexity index is 353. The Balaban J connectivity index is 2.98. The quantitative estimate of drug-likeness (QED) is 0.598. The van der Waals surface area contributed by atoms with Crippen LogP contribution >= 0.6 is 0 Å². The second-order valence-electron chi connectivity index (χ2n) is 3.07. The summed E-state index contributed by atoms with van der Waals surface area (Å²) >= 11 is 0. The molecular weight excluding hydrogens is 196 g/mol. The first-order valence-corrected chi connectivity index (χ1v) is 4.75. The molecule has 0 saturated heterocycles. The molecule has 0 heterocycles. The highest BCUT2D eigenvalue weighted by Crippen LogP contribution is 2.28. The summed E-state index contributed by atoms with van der Waals surface area (Å²) < 4.78 is 4.93. The van der Waals surface area contributed by atoms with Crippen molar-refractivity contribution in [2.45, 2.75) is 13.3 Å². The third kappa shape index (κ3) is 2.83. The summed E-state index contributed by atoms with van der Waals surface area (Å²) in [6.07, 6.45) is 0.920. The monoisotopic (exact) mass is 210 g/mol. The maximum Gasteiger partial charge on any atom is 0.296 e. The summed E-state index contributed by atoms with van der Waals surface area (Å²) in [7, 11) is 1.48. The highest BCUT2D eigenvalue weighted by Gasteiger charge is 2.14. The summed E-state index contributed by atoms with van der Waals surface area (Å²) in [5.41, 5.74) is 0.574. The third-order valence-corrected chi connectivity index (χ3v) is 1.97. The van der Waals surface area contributed by atoms with E-state index >= 15 is 0 Å². The first kappa shape index (κ1) is 11.3. The smallest absolute Gasteiger partial charge is 0.296 e. The molecule has 0 radical (unpaired) electrons. The fourth-order valence-electron chi connectivity index (χ4n) is 1.20. The van der Waals surface area contributed by atoms with Crippen molar-refractivity contribution in [1.29, 1.82) is 0 Å². The van der Waals surface area contributed by atoms with Crippen molar-refractivity contribution >= 4 is 11.4 Å². The molecule has 1 rings (SSSR count). The van der Waals surface area contributed by atoms with Crippen LogP contribution in [-0.4, -0.2) is 18.6 Å². The molecule has 1 aromatic rings. The molecule has 15 heavy (non-hydrogen) atoms. The van der Waals surface area contributed by atoms with E-state index in [2.05, 4.69) is 5.32 Å². The van der Waals surface area contributed by atoms with Crippen LogP contribution in [0.3, 0.4) is 0 Å². The van der Waals surface area contributed by atoms with Gasteiger partial charge in [0.15, 0.2) is 0 Å². The lowest BCUT2D eigenvalue weighted by atomic mass is 10.2. The van der Waals surface area contributed by atoms with E-state index in [4.69, 9.17) is 4.74 Å². The molecule has 0 aliphatic rings. The fourth-order valence-corrected chi connectivity index (χ4v) is 1.20. The number of hydrogen-bond acceptors (Lipinski definition) is 4. The van der Waals surface area contributed by atoms with Crippen LogP contribution in [0.15, 0.2) is 18.2 Å². The Morgan fingerprint density at radius 2 is 2.27 bits per heavy atom. The minimum absolute atomic E-state index is 0.0443. The zero-order valence-electron chi connectivity index (χ0n) is 8.82. The summed E-state index contributed by atoms with van der Waals surface area (Å²) in [4.78, 5) is 10.3. The van der Waals surface area contributed by atoms with Crippen molar-refractivity contribution in [1.82, 2.24) is 0 Å². The van der Waals surface area contributed by atoms with Crippen molar-refractivity contribution in [2.75, 3.05) is 19.0 Å². The maximum atomic E-state index is 10.8. The minimum Gasteiger partial charge on any atom is -0.496 e. The molecule has 0 saturated carbocycles. The Morgan fingerprint density at radius 1 is 1.53 bits per heavy atom. The van der Waals surface area contributed by atoms with E-state index in [1.54, 1.807) is 12.1 Å². The number of anilines is 1. The summed E-state index contributed by atoms with van der Waals surface area (Å²) in [6, 6.07) is 4.77. The molecule has 0 aromatic heterocycles. The van der Waals surface area contributed by atoms with Gasteiger partial charge in [-0.05, 0) is 18.6 Å². The van der Waals surface area contributed by atoms with Gasteiger partial charge in [-0.2, -0.15) is 0 Å². The van der Waals surface area contributed by atoms with Crippen molar-refractivity contribution in [3.63, 3.8) is 0 Å². The van der Waals surface area contributed by atoms with Crippen molar-refractivity contribution in [3.8, 4) is 5.75 Å². The molecular formula is C10H14N2O3. The summed E-state index contributed by atoms with van der Waals surface area (Å²) in [6.45, 7) is 2.72. The SMILES string of the molecule is CCCNc1ccc(OC)cc1[N+](=O)[O-]. The lowest BCUT2D eigenvalue weighted by Gasteiger charge is -2.06. The summed E-state index contributed by atoms with van der Waals surface area (Å²) in [5, 5.41) is 13.8. The van der Waals surface area contributed by atoms with Gasteiger partial charge in [0.2, 0.25) is 0 Å². The molecule has 0 spiro atoms. The molecule has 0 unspecified atom stereocenters. The molecule has 0 aliphatic carbocycles. The number of nitrogens with zero attached hydrogens (tertiary/aromatic N) is 1. The number of methoxy groups -OCH3 is 1. The second kappa shape index (κ2) is 5.19. The van der Waals surface area contributed by atoms with Gasteiger partial charge in [0.25, 0.3) is 5.69 Å². The van der Waals surface area contributed by atoms with E-state index in [0.29, 0.717) is 18.0 Å². The van der Waals surface area contributed by atoms with Crippen LogP contribution in [0.5, 0.6) is 5.75 Å². The number of ether oxygens (including phenoxy) is 1. The number of nitro groups is 1. The van der Waals surface area contributed by atoms with E-state index in [1.807, 2.05) is 6.92 Å². The van der Waals surface area contributed by atoms with Crippen LogP contribution in [0.1, 0.15) is 13.3 Å². The maximum absolute atomic E-state index is 10.8. The van der Waals surface area contributed by atoms with Gasteiger partial charge in [0, 0.05) is 6.54 Å². The molecule has 1 aromatic carbocycles. The van der Waals surface area contributed by atoms with E-state index in [-0.39, 0.29) is 5.69 Å². The highest BCUT2D eigenvalue weighted by molar-refractivity contribution is 5.63. The van der Waals surface area contributed by atoms with Crippen LogP contribution in [-0.2, 0) is 0 Å². The van der Waals surface area contributed by atoms with Crippen LogP contribution in [0.4, 0.5) is 11.4 Å². The number of benzene rings is 1. The molecule has 5 nitrogen and oxygen atoms in total. The van der Waals surface area contributed by atoms with Gasteiger partial charge in [-0.3, -0.25) is 10.1 Å². The Hall–Kier alpha value is -1.78. The number of hydrogen-bond donors (Lipinski definition) is 1. The first-order valence-electron chi connectivity index (χ1n) is 4.75. The van der Waals surface area contributed by atoms with Crippen molar-refractivity contribution in [2.24, 2.45) is 0 Å². The highest BCUT2D eigenvalue weighted by atomic mass is 16.6. The zero-order chi connectivity index (χ0) is 11.3. The van der Waals surface area contributed by atoms with E-state index < -0.39 is 4.92 Å². The third-order valence-electron chi connectivity index (χ3n) is 1.97. The summed E-state index contributed by atoms with van der Waals surface area (Å²) in [5.74, 6) is 0.490. The number of nitro benzene ring substituents is 1. The largest absolute Gasteiger partial charge is 0.496 e. The standard InChI is InChI=1S/C10H14N2O3/c1-3-6-11-9-5-4-8(15-2)7-10(9)12(13)14/h4-5,7,11H,3,6H2,1-2H3. The second-order valence-corrected chi connectivity index (χ2v) is 3.07. The molecule has 0 bridgehead atoms. The molecule has 0 aliphatic heterocycles. The van der Waals surface area contributed by atoms with Gasteiger partial charge in [-0.25, -0.2) is 0 Å². The molecule has 0 amide bonds. The Labute approximate surface area is 88.2 Å². The Kier molecular flexibility index (Phi) is 3.91. The normalized spacial score (nSPS) is 9.73. The molecule has 0 fully saturated rings. The van der Waals surface area contributed by atoms with Crippen molar-refractivity contribution < 1.29 is 9.66 Å². The number of rotatable bonds is 5. The first-order chi connectivity index (χ1) is 7.19. The van der Waals surface area contributed by atoms with Gasteiger partial charge in [0.1, 0.15) is 11.4 Å². The average molecular weight is 210 g/mol. The van der Waals surface area contributed by atoms with Gasteiger partial charge >= 0.3 is 0 Å². The van der Waals surface area contributed by atoms with E-state index in [1.165, 1.54) is 13.2 Å². The minimum atomic E-state index is -0.416. The lowest BCUT2D eigenvalue weighted by molar-refractivity contribution is -0.384. The molecule has 0 atom stereocenters. The molecule has 82 valence electrons. The lowest BCUT2D eigenvalue weighted by Crippen LogP contribution is -2.03. The van der Waals surface area contributed by atoms with Gasteiger partial charge in [0.05, 0.1) is 18.1 Å². The van der Waals surface area contributed by atoms with Crippen LogP contribution < -0.4 is 10.1 Å². The van der Waals surface area contributed by atoms with Gasteiger partial charge < -0.3 is 10.1 Å². The predicted molar refractivity (Wildman–Crippen MR) is 58.4 cm³/mol. The van der Waals surface area contributed by atoms with Crippen molar-refractivity contribution in [3.05, 3.63) is 28.3 Å². The van der Waals surface area contributed by atoms with Crippen LogP contribution in [0.25, 0.3) is 0 Å². The van der Waals surface area contributed by atoms with Crippen LogP contribution in [0.2, 0.25) is 0 Å². The van der Waals surface area contributed by atoms with E-state index in [9.17, 15) is 10.1 Å². The number of nitrogens with one attached hydrogen (secondary N) is 1. The Morgan fingerprint density at radius 3 is 2.80 bits per heavy atom. The van der Waals surface area contributed by atoms with E-state index in [0.717, 1.165) is 6.42 Å². The predicted octanol–water partition coefficient (Wildman–Crippen LogP) is 2.43. The average Bonchev–Trinajstić information content (AvgIpc) is 2.26.